The summed E-state index contributed by atoms with van der Waals surface area (Å²) in [5.41, 5.74) is -0.170. The van der Waals surface area contributed by atoms with Gasteiger partial charge in [-0.15, -0.1) is 16.7 Å². The second-order valence-corrected chi connectivity index (χ2v) is 4.36. The summed E-state index contributed by atoms with van der Waals surface area (Å²) in [5.74, 6) is 0.873. The first-order chi connectivity index (χ1) is 5.93. The van der Waals surface area contributed by atoms with Crippen LogP contribution in [0.25, 0.3) is 0 Å². The molecule has 13 heavy (non-hydrogen) atoms. The molecular formula is C8H15ClN4. The fourth-order valence-electron chi connectivity index (χ4n) is 0.832. The molecule has 0 saturated carbocycles. The van der Waals surface area contributed by atoms with Crippen LogP contribution in [0.3, 0.4) is 0 Å². The van der Waals surface area contributed by atoms with Gasteiger partial charge in [0.25, 0.3) is 0 Å². The third-order valence-corrected chi connectivity index (χ3v) is 2.70. The molecule has 1 atom stereocenters. The molecule has 0 bridgehead atoms. The van der Waals surface area contributed by atoms with E-state index < -0.39 is 0 Å². The number of aryl methyl sites for hydroxylation is 1. The van der Waals surface area contributed by atoms with E-state index in [9.17, 15) is 0 Å². The van der Waals surface area contributed by atoms with Crippen LogP contribution in [0.5, 0.6) is 0 Å². The van der Waals surface area contributed by atoms with Crippen molar-refractivity contribution in [3.63, 3.8) is 0 Å². The summed E-state index contributed by atoms with van der Waals surface area (Å²) in [6.45, 7) is 6.04. The Morgan fingerprint density at radius 1 is 1.62 bits per heavy atom. The highest BCUT2D eigenvalue weighted by molar-refractivity contribution is 6.21. The molecule has 0 fully saturated rings. The van der Waals surface area contributed by atoms with Crippen molar-refractivity contribution in [2.45, 2.75) is 31.7 Å². The lowest BCUT2D eigenvalue weighted by Crippen LogP contribution is -2.39. The topological polar surface area (TPSA) is 42.7 Å². The van der Waals surface area contributed by atoms with Crippen molar-refractivity contribution in [1.29, 1.82) is 0 Å². The van der Waals surface area contributed by atoms with Gasteiger partial charge in [-0.25, -0.2) is 4.68 Å². The Balaban J connectivity index is 2.74. The Hall–Kier alpha value is -0.770. The molecule has 5 heteroatoms. The van der Waals surface area contributed by atoms with E-state index in [4.69, 9.17) is 11.6 Å². The average molecular weight is 203 g/mol. The van der Waals surface area contributed by atoms with Gasteiger partial charge in [-0.2, -0.15) is 0 Å². The molecule has 1 aromatic heterocycles. The molecule has 1 rings (SSSR count). The summed E-state index contributed by atoms with van der Waals surface area (Å²) in [5, 5.41) is 10.9. The number of alkyl halides is 1. The Bertz CT molecular complexity index is 279. The van der Waals surface area contributed by atoms with Gasteiger partial charge >= 0.3 is 0 Å². The monoisotopic (exact) mass is 202 g/mol. The predicted octanol–water partition coefficient (Wildman–Crippen LogP) is 1.63. The fourth-order valence-corrected chi connectivity index (χ4v) is 0.887. The average Bonchev–Trinajstić information content (AvgIpc) is 2.35. The van der Waals surface area contributed by atoms with Crippen molar-refractivity contribution in [2.75, 3.05) is 5.32 Å². The van der Waals surface area contributed by atoms with Crippen LogP contribution in [0.1, 0.15) is 20.8 Å². The second kappa shape index (κ2) is 3.54. The molecular weight excluding hydrogens is 188 g/mol. The predicted molar refractivity (Wildman–Crippen MR) is 54.0 cm³/mol. The summed E-state index contributed by atoms with van der Waals surface area (Å²) < 4.78 is 1.68. The quantitative estimate of drug-likeness (QED) is 0.758. The van der Waals surface area contributed by atoms with E-state index in [0.29, 0.717) is 0 Å². The number of aromatic nitrogens is 3. The molecule has 0 radical (unpaired) electrons. The van der Waals surface area contributed by atoms with E-state index in [1.54, 1.807) is 10.9 Å². The van der Waals surface area contributed by atoms with Crippen molar-refractivity contribution >= 4 is 17.4 Å². The Morgan fingerprint density at radius 2 is 2.23 bits per heavy atom. The lowest BCUT2D eigenvalue weighted by molar-refractivity contribution is 0.545. The van der Waals surface area contributed by atoms with Crippen LogP contribution < -0.4 is 5.32 Å². The lowest BCUT2D eigenvalue weighted by atomic mass is 10.0. The van der Waals surface area contributed by atoms with Gasteiger partial charge < -0.3 is 5.32 Å². The lowest BCUT2D eigenvalue weighted by Gasteiger charge is -2.29. The van der Waals surface area contributed by atoms with Gasteiger partial charge in [-0.3, -0.25) is 0 Å². The highest BCUT2D eigenvalue weighted by Gasteiger charge is 2.24. The van der Waals surface area contributed by atoms with Gasteiger partial charge in [0.05, 0.1) is 11.6 Å². The van der Waals surface area contributed by atoms with Crippen molar-refractivity contribution in [3.8, 4) is 0 Å². The molecule has 4 nitrogen and oxygen atoms in total. The fraction of sp³-hybridized carbons (Fsp3) is 0.750. The Kier molecular flexibility index (Phi) is 2.81. The number of anilines is 1. The first-order valence-corrected chi connectivity index (χ1v) is 4.64. The maximum atomic E-state index is 6.03. The van der Waals surface area contributed by atoms with E-state index >= 15 is 0 Å². The zero-order valence-electron chi connectivity index (χ0n) is 8.37. The van der Waals surface area contributed by atoms with Gasteiger partial charge in [-0.05, 0) is 20.8 Å². The molecule has 0 aliphatic rings. The number of nitrogens with one attached hydrogen (secondary N) is 1. The summed E-state index contributed by atoms with van der Waals surface area (Å²) >= 11 is 6.03. The molecule has 0 spiro atoms. The maximum Gasteiger partial charge on any atom is 0.144 e. The van der Waals surface area contributed by atoms with Crippen molar-refractivity contribution in [3.05, 3.63) is 6.20 Å². The molecule has 0 aromatic carbocycles. The molecule has 0 aliphatic carbocycles. The first-order valence-electron chi connectivity index (χ1n) is 4.20. The zero-order valence-corrected chi connectivity index (χ0v) is 9.13. The maximum absolute atomic E-state index is 6.03. The van der Waals surface area contributed by atoms with Crippen LogP contribution in [0.4, 0.5) is 5.82 Å². The molecule has 1 unspecified atom stereocenters. The smallest absolute Gasteiger partial charge is 0.144 e. The van der Waals surface area contributed by atoms with Crippen LogP contribution in [0.15, 0.2) is 6.20 Å². The van der Waals surface area contributed by atoms with Crippen LogP contribution >= 0.6 is 11.6 Å². The SMILES string of the molecule is CC(Cl)C(C)(C)Nc1cnnn1C. The van der Waals surface area contributed by atoms with Crippen molar-refractivity contribution < 1.29 is 0 Å². The Labute approximate surface area is 83.3 Å². The van der Waals surface area contributed by atoms with E-state index in [2.05, 4.69) is 15.6 Å². The largest absolute Gasteiger partial charge is 0.363 e. The minimum absolute atomic E-state index is 0.0300. The van der Waals surface area contributed by atoms with Gasteiger partial charge in [0.1, 0.15) is 5.82 Å². The van der Waals surface area contributed by atoms with Crippen molar-refractivity contribution in [2.24, 2.45) is 7.05 Å². The summed E-state index contributed by atoms with van der Waals surface area (Å²) in [6.07, 6.45) is 1.68. The number of nitrogens with zero attached hydrogens (tertiary/aromatic N) is 3. The van der Waals surface area contributed by atoms with E-state index in [1.807, 2.05) is 27.8 Å². The summed E-state index contributed by atoms with van der Waals surface area (Å²) in [7, 11) is 1.84. The van der Waals surface area contributed by atoms with E-state index in [1.165, 1.54) is 0 Å². The van der Waals surface area contributed by atoms with Crippen LogP contribution in [0.2, 0.25) is 0 Å². The molecule has 1 heterocycles. The third kappa shape index (κ3) is 2.34. The van der Waals surface area contributed by atoms with Gasteiger partial charge in [-0.1, -0.05) is 5.21 Å². The van der Waals surface area contributed by atoms with Gasteiger partial charge in [0.15, 0.2) is 0 Å². The van der Waals surface area contributed by atoms with E-state index in [-0.39, 0.29) is 10.9 Å². The molecule has 0 amide bonds. The number of hydrogen-bond acceptors (Lipinski definition) is 3. The highest BCUT2D eigenvalue weighted by Crippen LogP contribution is 2.20. The van der Waals surface area contributed by atoms with Crippen LogP contribution in [-0.2, 0) is 7.05 Å². The minimum atomic E-state index is -0.170. The number of hydrogen-bond donors (Lipinski definition) is 1. The van der Waals surface area contributed by atoms with Gasteiger partial charge in [0.2, 0.25) is 0 Å². The minimum Gasteiger partial charge on any atom is -0.363 e. The molecule has 0 aliphatic heterocycles. The summed E-state index contributed by atoms with van der Waals surface area (Å²) in [6, 6.07) is 0. The van der Waals surface area contributed by atoms with Crippen molar-refractivity contribution in [1.82, 2.24) is 15.0 Å². The normalized spacial score (nSPS) is 14.2. The molecule has 1 aromatic rings. The van der Waals surface area contributed by atoms with Crippen LogP contribution in [-0.4, -0.2) is 25.9 Å². The zero-order chi connectivity index (χ0) is 10.1. The third-order valence-electron chi connectivity index (χ3n) is 2.16. The molecule has 1 N–H and O–H groups in total. The second-order valence-electron chi connectivity index (χ2n) is 3.71. The number of halogens is 1. The van der Waals surface area contributed by atoms with Gasteiger partial charge in [0, 0.05) is 12.6 Å². The van der Waals surface area contributed by atoms with E-state index in [0.717, 1.165) is 5.82 Å². The Morgan fingerprint density at radius 3 is 2.62 bits per heavy atom. The standard InChI is InChI=1S/C8H15ClN4/c1-6(9)8(2,3)11-7-5-10-12-13(7)4/h5-6,11H,1-4H3. The molecule has 0 saturated heterocycles. The highest BCUT2D eigenvalue weighted by atomic mass is 35.5. The number of rotatable bonds is 3. The first kappa shape index (κ1) is 10.3. The molecule has 74 valence electrons. The summed E-state index contributed by atoms with van der Waals surface area (Å²) in [4.78, 5) is 0. The van der Waals surface area contributed by atoms with Crippen LogP contribution in [0, 0.1) is 0 Å².